The van der Waals surface area contributed by atoms with Crippen LogP contribution in [0.25, 0.3) is 0 Å². The lowest BCUT2D eigenvalue weighted by Gasteiger charge is -2.15. The predicted octanol–water partition coefficient (Wildman–Crippen LogP) is 2.99. The average molecular weight is 344 g/mol. The van der Waals surface area contributed by atoms with Crippen molar-refractivity contribution in [2.24, 2.45) is 0 Å². The van der Waals surface area contributed by atoms with Gasteiger partial charge in [-0.15, -0.1) is 0 Å². The molecule has 0 spiro atoms. The lowest BCUT2D eigenvalue weighted by atomic mass is 10.2. The maximum atomic E-state index is 5.94. The van der Waals surface area contributed by atoms with Crippen LogP contribution < -0.4 is 14.8 Å². The van der Waals surface area contributed by atoms with Gasteiger partial charge in [0, 0.05) is 6.54 Å². The monoisotopic (exact) mass is 343 g/mol. The van der Waals surface area contributed by atoms with E-state index in [4.69, 9.17) is 14.2 Å². The second kappa shape index (κ2) is 7.86. The summed E-state index contributed by atoms with van der Waals surface area (Å²) in [4.78, 5) is 0. The normalized spacial score (nSPS) is 21.9. The smallest absolute Gasteiger partial charge is 0.133 e. The number of hydrogen-bond acceptors (Lipinski definition) is 4. The molecule has 0 saturated carbocycles. The molecular formula is C15H22BrNO3. The Balaban J connectivity index is 1.78. The zero-order valence-electron chi connectivity index (χ0n) is 12.0. The molecule has 1 heterocycles. The van der Waals surface area contributed by atoms with Crippen molar-refractivity contribution >= 4 is 15.9 Å². The van der Waals surface area contributed by atoms with Gasteiger partial charge >= 0.3 is 0 Å². The van der Waals surface area contributed by atoms with Crippen molar-refractivity contribution in [3.05, 3.63) is 22.7 Å². The van der Waals surface area contributed by atoms with E-state index in [9.17, 15) is 0 Å². The summed E-state index contributed by atoms with van der Waals surface area (Å²) in [5.41, 5.74) is 0. The van der Waals surface area contributed by atoms with Gasteiger partial charge in [-0.3, -0.25) is 0 Å². The van der Waals surface area contributed by atoms with Gasteiger partial charge in [-0.05, 0) is 53.5 Å². The number of hydrogen-bond donors (Lipinski definition) is 1. The summed E-state index contributed by atoms with van der Waals surface area (Å²) in [6.07, 6.45) is 2.67. The number of benzene rings is 1. The molecule has 1 fully saturated rings. The van der Waals surface area contributed by atoms with Crippen molar-refractivity contribution in [1.29, 1.82) is 0 Å². The third-order valence-electron chi connectivity index (χ3n) is 3.38. The summed E-state index contributed by atoms with van der Waals surface area (Å²) in [7, 11) is 1.65. The number of methoxy groups -OCH3 is 1. The highest BCUT2D eigenvalue weighted by Gasteiger charge is 2.25. The molecule has 20 heavy (non-hydrogen) atoms. The molecule has 0 aliphatic carbocycles. The Kier molecular flexibility index (Phi) is 6.13. The van der Waals surface area contributed by atoms with Crippen molar-refractivity contribution < 1.29 is 14.2 Å². The van der Waals surface area contributed by atoms with Crippen LogP contribution in [0.1, 0.15) is 19.8 Å². The first kappa shape index (κ1) is 15.6. The maximum Gasteiger partial charge on any atom is 0.133 e. The first-order valence-corrected chi connectivity index (χ1v) is 7.84. The van der Waals surface area contributed by atoms with E-state index in [1.54, 1.807) is 7.11 Å². The van der Waals surface area contributed by atoms with E-state index in [0.29, 0.717) is 12.7 Å². The first-order valence-electron chi connectivity index (χ1n) is 7.05. The van der Waals surface area contributed by atoms with Gasteiger partial charge in [-0.2, -0.15) is 0 Å². The fourth-order valence-corrected chi connectivity index (χ4v) is 2.74. The first-order chi connectivity index (χ1) is 9.72. The molecule has 1 N–H and O–H groups in total. The predicted molar refractivity (Wildman–Crippen MR) is 82.6 cm³/mol. The molecule has 1 aromatic carbocycles. The zero-order chi connectivity index (χ0) is 14.4. The molecule has 0 radical (unpaired) electrons. The van der Waals surface area contributed by atoms with Gasteiger partial charge in [0.25, 0.3) is 0 Å². The molecule has 2 atom stereocenters. The van der Waals surface area contributed by atoms with Gasteiger partial charge < -0.3 is 19.5 Å². The minimum atomic E-state index is 0.188. The van der Waals surface area contributed by atoms with E-state index >= 15 is 0 Å². The molecule has 112 valence electrons. The molecule has 4 nitrogen and oxygen atoms in total. The van der Waals surface area contributed by atoms with E-state index < -0.39 is 0 Å². The van der Waals surface area contributed by atoms with Crippen LogP contribution in [-0.4, -0.2) is 39.0 Å². The van der Waals surface area contributed by atoms with Crippen LogP contribution >= 0.6 is 15.9 Å². The standard InChI is InChI=1S/C15H22BrNO3/c1-3-17-9-12-4-5-13(20-12)10-19-15-7-6-11(18-2)8-14(15)16/h6-8,12-13,17H,3-5,9-10H2,1-2H3. The molecule has 2 unspecified atom stereocenters. The van der Waals surface area contributed by atoms with Crippen molar-refractivity contribution in [2.75, 3.05) is 26.8 Å². The topological polar surface area (TPSA) is 39.7 Å². The molecule has 0 aromatic heterocycles. The van der Waals surface area contributed by atoms with Gasteiger partial charge in [-0.1, -0.05) is 6.92 Å². The van der Waals surface area contributed by atoms with Crippen LogP contribution in [0, 0.1) is 0 Å². The Morgan fingerprint density at radius 2 is 2.15 bits per heavy atom. The molecule has 1 aliphatic heterocycles. The zero-order valence-corrected chi connectivity index (χ0v) is 13.6. The third kappa shape index (κ3) is 4.36. The van der Waals surface area contributed by atoms with Crippen LogP contribution in [0.3, 0.4) is 0 Å². The molecule has 2 rings (SSSR count). The maximum absolute atomic E-state index is 5.94. The molecule has 0 amide bonds. The Bertz CT molecular complexity index is 428. The largest absolute Gasteiger partial charge is 0.497 e. The van der Waals surface area contributed by atoms with Crippen LogP contribution in [-0.2, 0) is 4.74 Å². The van der Waals surface area contributed by atoms with Crippen LogP contribution in [0.5, 0.6) is 11.5 Å². The fraction of sp³-hybridized carbons (Fsp3) is 0.600. The number of likely N-dealkylation sites (N-methyl/N-ethyl adjacent to an activating group) is 1. The lowest BCUT2D eigenvalue weighted by molar-refractivity contribution is 0.0186. The van der Waals surface area contributed by atoms with Gasteiger partial charge in [0.05, 0.1) is 23.8 Å². The number of nitrogens with one attached hydrogen (secondary N) is 1. The second-order valence-electron chi connectivity index (χ2n) is 4.87. The number of ether oxygens (including phenoxy) is 3. The lowest BCUT2D eigenvalue weighted by Crippen LogP contribution is -2.28. The summed E-state index contributed by atoms with van der Waals surface area (Å²) in [6.45, 7) is 4.61. The average Bonchev–Trinajstić information content (AvgIpc) is 2.91. The van der Waals surface area contributed by atoms with Crippen LogP contribution in [0.15, 0.2) is 22.7 Å². The summed E-state index contributed by atoms with van der Waals surface area (Å²) < 4.78 is 17.8. The summed E-state index contributed by atoms with van der Waals surface area (Å²) in [5.74, 6) is 1.64. The third-order valence-corrected chi connectivity index (χ3v) is 4.00. The highest BCUT2D eigenvalue weighted by atomic mass is 79.9. The van der Waals surface area contributed by atoms with Gasteiger partial charge in [0.1, 0.15) is 18.1 Å². The number of rotatable bonds is 7. The van der Waals surface area contributed by atoms with Crippen molar-refractivity contribution in [3.8, 4) is 11.5 Å². The van der Waals surface area contributed by atoms with Crippen molar-refractivity contribution in [3.63, 3.8) is 0 Å². The van der Waals surface area contributed by atoms with Crippen molar-refractivity contribution in [2.45, 2.75) is 32.0 Å². The quantitative estimate of drug-likeness (QED) is 0.826. The van der Waals surface area contributed by atoms with E-state index in [1.807, 2.05) is 18.2 Å². The van der Waals surface area contributed by atoms with Gasteiger partial charge in [0.2, 0.25) is 0 Å². The summed E-state index contributed by atoms with van der Waals surface area (Å²) in [6, 6.07) is 5.70. The van der Waals surface area contributed by atoms with E-state index in [0.717, 1.165) is 41.9 Å². The second-order valence-corrected chi connectivity index (χ2v) is 5.73. The molecule has 0 bridgehead atoms. The fourth-order valence-electron chi connectivity index (χ4n) is 2.27. The Morgan fingerprint density at radius 1 is 1.35 bits per heavy atom. The molecule has 1 aliphatic rings. The van der Waals surface area contributed by atoms with E-state index in [1.165, 1.54) is 0 Å². The highest BCUT2D eigenvalue weighted by Crippen LogP contribution is 2.30. The SMILES string of the molecule is CCNCC1CCC(COc2ccc(OC)cc2Br)O1. The summed E-state index contributed by atoms with van der Waals surface area (Å²) in [5, 5.41) is 3.32. The highest BCUT2D eigenvalue weighted by molar-refractivity contribution is 9.10. The molecule has 1 saturated heterocycles. The van der Waals surface area contributed by atoms with E-state index in [-0.39, 0.29) is 6.10 Å². The van der Waals surface area contributed by atoms with Gasteiger partial charge in [0.15, 0.2) is 0 Å². The van der Waals surface area contributed by atoms with Gasteiger partial charge in [-0.25, -0.2) is 0 Å². The Hall–Kier alpha value is -0.780. The molecule has 1 aromatic rings. The Labute approximate surface area is 128 Å². The van der Waals surface area contributed by atoms with Crippen LogP contribution in [0.2, 0.25) is 0 Å². The minimum absolute atomic E-state index is 0.188. The minimum Gasteiger partial charge on any atom is -0.497 e. The van der Waals surface area contributed by atoms with Crippen molar-refractivity contribution in [1.82, 2.24) is 5.32 Å². The van der Waals surface area contributed by atoms with E-state index in [2.05, 4.69) is 28.2 Å². The molecular weight excluding hydrogens is 322 g/mol. The molecule has 5 heteroatoms. The summed E-state index contributed by atoms with van der Waals surface area (Å²) >= 11 is 3.49. The van der Waals surface area contributed by atoms with Crippen LogP contribution in [0.4, 0.5) is 0 Å². The Morgan fingerprint density at radius 3 is 2.85 bits per heavy atom. The number of halogens is 1.